The van der Waals surface area contributed by atoms with Gasteiger partial charge in [-0.2, -0.15) is 0 Å². The van der Waals surface area contributed by atoms with Crippen LogP contribution < -0.4 is 5.32 Å². The fourth-order valence-corrected chi connectivity index (χ4v) is 3.59. The van der Waals surface area contributed by atoms with Crippen LogP contribution in [-0.2, 0) is 10.8 Å². The Kier molecular flexibility index (Phi) is 3.49. The number of aromatic amines is 1. The monoisotopic (exact) mass is 294 g/mol. The largest absolute Gasteiger partial charge is 0.331 e. The van der Waals surface area contributed by atoms with Crippen molar-refractivity contribution in [2.75, 3.05) is 12.3 Å². The van der Waals surface area contributed by atoms with Gasteiger partial charge in [0.15, 0.2) is 5.16 Å². The van der Waals surface area contributed by atoms with Crippen molar-refractivity contribution in [1.29, 1.82) is 0 Å². The van der Waals surface area contributed by atoms with E-state index in [4.69, 9.17) is 0 Å². The molecule has 1 aromatic carbocycles. The first kappa shape index (κ1) is 13.2. The maximum absolute atomic E-state index is 12.2. The first-order chi connectivity index (χ1) is 9.63. The van der Waals surface area contributed by atoms with E-state index >= 15 is 0 Å². The quantitative estimate of drug-likeness (QED) is 0.654. The van der Waals surface area contributed by atoms with Gasteiger partial charge in [-0.25, -0.2) is 4.98 Å². The van der Waals surface area contributed by atoms with Gasteiger partial charge in [-0.3, -0.25) is 14.3 Å². The molecule has 0 aliphatic carbocycles. The number of benzene rings is 1. The second kappa shape index (κ2) is 5.29. The van der Waals surface area contributed by atoms with E-state index in [0.717, 1.165) is 19.4 Å². The Balaban J connectivity index is 1.84. The van der Waals surface area contributed by atoms with Crippen molar-refractivity contribution < 1.29 is 9.13 Å². The summed E-state index contributed by atoms with van der Waals surface area (Å²) in [6, 6.07) is 4.64. The maximum Gasteiger partial charge on any atom is 0.271 e. The van der Waals surface area contributed by atoms with Gasteiger partial charge >= 0.3 is 0 Å². The van der Waals surface area contributed by atoms with Crippen LogP contribution in [0.2, 0.25) is 0 Å². The van der Waals surface area contributed by atoms with Crippen LogP contribution >= 0.6 is 0 Å². The van der Waals surface area contributed by atoms with Gasteiger partial charge in [0.2, 0.25) is 0 Å². The molecule has 0 saturated carbocycles. The van der Waals surface area contributed by atoms with Gasteiger partial charge in [0, 0.05) is 23.9 Å². The van der Waals surface area contributed by atoms with Gasteiger partial charge in [0.1, 0.15) is 0 Å². The Morgan fingerprint density at radius 2 is 2.35 bits per heavy atom. The van der Waals surface area contributed by atoms with Crippen LogP contribution in [-0.4, -0.2) is 37.4 Å². The number of non-ortho nitro benzene ring substituents is 1. The van der Waals surface area contributed by atoms with E-state index in [1.54, 1.807) is 6.07 Å². The fourth-order valence-electron chi connectivity index (χ4n) is 2.36. The van der Waals surface area contributed by atoms with E-state index in [0.29, 0.717) is 21.9 Å². The smallest absolute Gasteiger partial charge is 0.271 e. The summed E-state index contributed by atoms with van der Waals surface area (Å²) in [7, 11) is -1.22. The minimum atomic E-state index is -1.22. The number of rotatable bonds is 4. The second-order valence-electron chi connectivity index (χ2n) is 4.81. The molecular formula is C12H14N4O3S. The fraction of sp³-hybridized carbons (Fsp3) is 0.417. The van der Waals surface area contributed by atoms with E-state index in [2.05, 4.69) is 15.3 Å². The van der Waals surface area contributed by atoms with E-state index in [9.17, 15) is 14.3 Å². The van der Waals surface area contributed by atoms with E-state index in [-0.39, 0.29) is 11.7 Å². The van der Waals surface area contributed by atoms with Crippen LogP contribution in [0.5, 0.6) is 0 Å². The molecule has 8 heteroatoms. The third kappa shape index (κ3) is 2.56. The van der Waals surface area contributed by atoms with Crippen LogP contribution in [0.4, 0.5) is 5.69 Å². The number of H-pyrrole nitrogens is 1. The molecule has 1 fully saturated rings. The number of aromatic nitrogens is 2. The van der Waals surface area contributed by atoms with Crippen LogP contribution in [0.15, 0.2) is 23.4 Å². The van der Waals surface area contributed by atoms with Crippen molar-refractivity contribution in [2.45, 2.75) is 24.0 Å². The highest BCUT2D eigenvalue weighted by molar-refractivity contribution is 7.84. The second-order valence-corrected chi connectivity index (χ2v) is 6.22. The Morgan fingerprint density at radius 3 is 3.05 bits per heavy atom. The highest BCUT2D eigenvalue weighted by atomic mass is 32.2. The Hall–Kier alpha value is -1.80. The third-order valence-corrected chi connectivity index (χ3v) is 4.71. The molecule has 1 aromatic heterocycles. The lowest BCUT2D eigenvalue weighted by Gasteiger charge is -2.07. The zero-order chi connectivity index (χ0) is 14.1. The third-order valence-electron chi connectivity index (χ3n) is 3.39. The molecule has 0 bridgehead atoms. The molecule has 0 amide bonds. The van der Waals surface area contributed by atoms with Crippen molar-refractivity contribution in [3.63, 3.8) is 0 Å². The Bertz CT molecular complexity index is 678. The van der Waals surface area contributed by atoms with Crippen LogP contribution in [0.25, 0.3) is 11.0 Å². The van der Waals surface area contributed by atoms with Gasteiger partial charge in [-0.15, -0.1) is 0 Å². The number of imidazole rings is 1. The predicted molar refractivity (Wildman–Crippen MR) is 75.0 cm³/mol. The molecule has 0 spiro atoms. The summed E-state index contributed by atoms with van der Waals surface area (Å²) < 4.78 is 12.2. The molecule has 1 aliphatic rings. The number of nitrogens with zero attached hydrogens (tertiary/aromatic N) is 2. The summed E-state index contributed by atoms with van der Waals surface area (Å²) >= 11 is 0. The molecule has 2 heterocycles. The molecule has 3 rings (SSSR count). The summed E-state index contributed by atoms with van der Waals surface area (Å²) in [5.74, 6) is 0.516. The van der Waals surface area contributed by atoms with Crippen molar-refractivity contribution in [1.82, 2.24) is 15.3 Å². The minimum absolute atomic E-state index is 0.00376. The number of fused-ring (bicyclic) bond motifs is 1. The van der Waals surface area contributed by atoms with Gasteiger partial charge in [-0.1, -0.05) is 0 Å². The van der Waals surface area contributed by atoms with Gasteiger partial charge in [0.25, 0.3) is 5.69 Å². The Morgan fingerprint density at radius 1 is 1.50 bits per heavy atom. The van der Waals surface area contributed by atoms with Crippen molar-refractivity contribution in [3.8, 4) is 0 Å². The molecule has 1 saturated heterocycles. The van der Waals surface area contributed by atoms with Gasteiger partial charge in [-0.05, 0) is 25.5 Å². The highest BCUT2D eigenvalue weighted by Gasteiger charge is 2.20. The van der Waals surface area contributed by atoms with E-state index in [1.165, 1.54) is 12.1 Å². The zero-order valence-corrected chi connectivity index (χ0v) is 11.5. The molecule has 20 heavy (non-hydrogen) atoms. The molecule has 7 nitrogen and oxygen atoms in total. The number of nitrogens with one attached hydrogen (secondary N) is 2. The van der Waals surface area contributed by atoms with Crippen LogP contribution in [0, 0.1) is 10.1 Å². The first-order valence-electron chi connectivity index (χ1n) is 6.39. The summed E-state index contributed by atoms with van der Waals surface area (Å²) in [4.78, 5) is 17.4. The summed E-state index contributed by atoms with van der Waals surface area (Å²) in [6.45, 7) is 0.966. The van der Waals surface area contributed by atoms with Crippen molar-refractivity contribution in [3.05, 3.63) is 28.3 Å². The number of hydrogen-bond acceptors (Lipinski definition) is 5. The van der Waals surface area contributed by atoms with Crippen molar-refractivity contribution >= 4 is 27.5 Å². The zero-order valence-electron chi connectivity index (χ0n) is 10.7. The normalized spacial score (nSPS) is 20.3. The topological polar surface area (TPSA) is 101 Å². The summed E-state index contributed by atoms with van der Waals surface area (Å²) in [5.41, 5.74) is 1.14. The molecule has 106 valence electrons. The number of nitro benzene ring substituents is 1. The molecule has 2 atom stereocenters. The standard InChI is InChI=1S/C12H14N4O3S/c17-16(18)9-3-4-10-11(6-9)15-12(14-10)20(19)7-8-2-1-5-13-8/h3-4,6,8,13H,1-2,5,7H2,(H,14,15)/t8-,20-/m1/s1. The van der Waals surface area contributed by atoms with E-state index in [1.807, 2.05) is 0 Å². The lowest BCUT2D eigenvalue weighted by Crippen LogP contribution is -2.27. The highest BCUT2D eigenvalue weighted by Crippen LogP contribution is 2.20. The lowest BCUT2D eigenvalue weighted by molar-refractivity contribution is -0.384. The number of nitro groups is 1. The van der Waals surface area contributed by atoms with Crippen molar-refractivity contribution in [2.24, 2.45) is 0 Å². The molecule has 2 N–H and O–H groups in total. The molecular weight excluding hydrogens is 280 g/mol. The molecule has 0 unspecified atom stereocenters. The van der Waals surface area contributed by atoms with Gasteiger partial charge < -0.3 is 10.3 Å². The SMILES string of the molecule is O=[N+]([O-])c1ccc2nc([S@](=O)C[C@H]3CCCN3)[nH]c2c1. The molecule has 2 aromatic rings. The maximum atomic E-state index is 12.2. The predicted octanol–water partition coefficient (Wildman–Crippen LogP) is 1.33. The lowest BCUT2D eigenvalue weighted by atomic mass is 10.3. The summed E-state index contributed by atoms with van der Waals surface area (Å²) in [6.07, 6.45) is 2.13. The first-order valence-corrected chi connectivity index (χ1v) is 7.71. The van der Waals surface area contributed by atoms with Crippen LogP contribution in [0.3, 0.4) is 0 Å². The average Bonchev–Trinajstić information content (AvgIpc) is 3.05. The Labute approximate surface area is 117 Å². The van der Waals surface area contributed by atoms with E-state index < -0.39 is 15.7 Å². The van der Waals surface area contributed by atoms with Gasteiger partial charge in [0.05, 0.1) is 26.8 Å². The minimum Gasteiger partial charge on any atom is -0.331 e. The number of hydrogen-bond donors (Lipinski definition) is 2. The molecule has 0 radical (unpaired) electrons. The average molecular weight is 294 g/mol. The van der Waals surface area contributed by atoms with Crippen LogP contribution in [0.1, 0.15) is 12.8 Å². The molecule has 1 aliphatic heterocycles. The summed E-state index contributed by atoms with van der Waals surface area (Å²) in [5, 5.41) is 14.4.